The number of nitrogens with two attached hydrogens (primary N) is 1. The van der Waals surface area contributed by atoms with E-state index in [-0.39, 0.29) is 34.2 Å². The van der Waals surface area contributed by atoms with Crippen LogP contribution in [-0.2, 0) is 12.6 Å². The molecule has 0 aliphatic rings. The Morgan fingerprint density at radius 2 is 1.77 bits per heavy atom. The number of pyridine rings is 1. The van der Waals surface area contributed by atoms with Crippen molar-refractivity contribution >= 4 is 38.8 Å². The first-order chi connectivity index (χ1) is 12.2. The lowest BCUT2D eigenvalue weighted by atomic mass is 10.0. The smallest absolute Gasteiger partial charge is 0.397 e. The van der Waals surface area contributed by atoms with Gasteiger partial charge in [-0.15, -0.1) is 11.3 Å². The summed E-state index contributed by atoms with van der Waals surface area (Å²) in [6.07, 6.45) is -4.49. The van der Waals surface area contributed by atoms with Crippen LogP contribution in [-0.4, -0.2) is 16.6 Å². The number of Topliss-reactive ketones (excluding diaryl/α,β-unsaturated/α-hetero) is 2. The zero-order valence-corrected chi connectivity index (χ0v) is 14.4. The number of anilines is 1. The maximum atomic E-state index is 12.6. The number of nitrogen functional groups attached to an aromatic ring is 1. The molecule has 2 aromatic heterocycles. The molecule has 2 N–H and O–H groups in total. The summed E-state index contributed by atoms with van der Waals surface area (Å²) < 4.78 is 37.8. The number of rotatable bonds is 4. The first-order valence-corrected chi connectivity index (χ1v) is 8.37. The van der Waals surface area contributed by atoms with Gasteiger partial charge in [-0.05, 0) is 29.8 Å². The number of nitrogens with zero attached hydrogens (tertiary/aromatic N) is 1. The number of ketones is 2. The molecule has 0 saturated carbocycles. The lowest BCUT2D eigenvalue weighted by Crippen LogP contribution is -2.07. The first-order valence-electron chi connectivity index (χ1n) is 7.56. The maximum Gasteiger partial charge on any atom is 0.416 e. The highest BCUT2D eigenvalue weighted by molar-refractivity contribution is 7.21. The van der Waals surface area contributed by atoms with Gasteiger partial charge in [0.05, 0.1) is 16.1 Å². The van der Waals surface area contributed by atoms with Crippen LogP contribution in [0, 0.1) is 0 Å². The van der Waals surface area contributed by atoms with Gasteiger partial charge >= 0.3 is 6.18 Å². The highest BCUT2D eigenvalue weighted by Crippen LogP contribution is 2.34. The van der Waals surface area contributed by atoms with Crippen molar-refractivity contribution in [3.63, 3.8) is 0 Å². The fourth-order valence-electron chi connectivity index (χ4n) is 2.48. The molecule has 1 aromatic carbocycles. The van der Waals surface area contributed by atoms with E-state index in [1.807, 2.05) is 0 Å². The molecular formula is C18H13F3N2O2S. The minimum atomic E-state index is -4.42. The monoisotopic (exact) mass is 378 g/mol. The lowest BCUT2D eigenvalue weighted by molar-refractivity contribution is -0.137. The van der Waals surface area contributed by atoms with E-state index in [0.29, 0.717) is 15.8 Å². The summed E-state index contributed by atoms with van der Waals surface area (Å²) in [5.74, 6) is -0.508. The normalized spacial score (nSPS) is 11.7. The van der Waals surface area contributed by atoms with Crippen LogP contribution in [0.5, 0.6) is 0 Å². The molecule has 8 heteroatoms. The summed E-state index contributed by atoms with van der Waals surface area (Å²) in [6, 6.07) is 7.61. The van der Waals surface area contributed by atoms with Gasteiger partial charge in [0.15, 0.2) is 11.6 Å². The molecule has 4 nitrogen and oxygen atoms in total. The maximum absolute atomic E-state index is 12.6. The van der Waals surface area contributed by atoms with Crippen molar-refractivity contribution in [3.05, 3.63) is 58.1 Å². The van der Waals surface area contributed by atoms with Gasteiger partial charge < -0.3 is 5.73 Å². The third-order valence-corrected chi connectivity index (χ3v) is 5.01. The molecular weight excluding hydrogens is 365 g/mol. The van der Waals surface area contributed by atoms with Crippen LogP contribution in [0.2, 0.25) is 0 Å². The third-order valence-electron chi connectivity index (χ3n) is 3.85. The van der Waals surface area contributed by atoms with Gasteiger partial charge in [0.25, 0.3) is 0 Å². The zero-order chi connectivity index (χ0) is 19.1. The van der Waals surface area contributed by atoms with E-state index in [9.17, 15) is 22.8 Å². The summed E-state index contributed by atoms with van der Waals surface area (Å²) in [7, 11) is 0. The molecule has 26 heavy (non-hydrogen) atoms. The Bertz CT molecular complexity index is 1010. The van der Waals surface area contributed by atoms with E-state index < -0.39 is 11.7 Å². The van der Waals surface area contributed by atoms with Crippen molar-refractivity contribution in [3.8, 4) is 0 Å². The average molecular weight is 378 g/mol. The van der Waals surface area contributed by atoms with Crippen molar-refractivity contribution in [1.29, 1.82) is 0 Å². The van der Waals surface area contributed by atoms with E-state index in [0.717, 1.165) is 23.5 Å². The predicted octanol–water partition coefficient (Wildman–Crippen LogP) is 4.53. The SMILES string of the molecule is CC(=O)c1ccc2c(N)c(C(=O)Cc3ccc(C(F)(F)F)cc3)sc2n1. The van der Waals surface area contributed by atoms with Gasteiger partial charge in [-0.1, -0.05) is 12.1 Å². The Balaban J connectivity index is 1.88. The first kappa shape index (κ1) is 18.1. The molecule has 0 amide bonds. The number of alkyl halides is 3. The van der Waals surface area contributed by atoms with Gasteiger partial charge in [0.2, 0.25) is 0 Å². The van der Waals surface area contributed by atoms with Crippen LogP contribution in [0.3, 0.4) is 0 Å². The van der Waals surface area contributed by atoms with E-state index in [4.69, 9.17) is 5.73 Å². The van der Waals surface area contributed by atoms with Gasteiger partial charge in [-0.3, -0.25) is 9.59 Å². The van der Waals surface area contributed by atoms with E-state index in [1.54, 1.807) is 6.07 Å². The number of hydrogen-bond donors (Lipinski definition) is 1. The number of carbonyl (C=O) groups is 2. The van der Waals surface area contributed by atoms with Crippen molar-refractivity contribution in [2.24, 2.45) is 0 Å². The second-order valence-corrected chi connectivity index (χ2v) is 6.74. The van der Waals surface area contributed by atoms with Gasteiger partial charge in [0, 0.05) is 18.7 Å². The Morgan fingerprint density at radius 3 is 2.35 bits per heavy atom. The van der Waals surface area contributed by atoms with Crippen molar-refractivity contribution in [2.75, 3.05) is 5.73 Å². The highest BCUT2D eigenvalue weighted by atomic mass is 32.1. The molecule has 3 aromatic rings. The number of carbonyl (C=O) groups excluding carboxylic acids is 2. The van der Waals surface area contributed by atoms with Gasteiger partial charge in [-0.2, -0.15) is 13.2 Å². The summed E-state index contributed by atoms with van der Waals surface area (Å²) in [4.78, 5) is 28.9. The standard InChI is InChI=1S/C18H13F3N2O2S/c1-9(24)13-7-6-12-15(22)16(26-17(12)23-13)14(25)8-10-2-4-11(5-3-10)18(19,20)21/h2-7H,8,22H2,1H3. The van der Waals surface area contributed by atoms with Crippen LogP contribution in [0.1, 0.15) is 38.2 Å². The van der Waals surface area contributed by atoms with Crippen molar-refractivity contribution in [2.45, 2.75) is 19.5 Å². The Labute approximate surface area is 150 Å². The quantitative estimate of drug-likeness (QED) is 0.677. The zero-order valence-electron chi connectivity index (χ0n) is 13.6. The fourth-order valence-corrected chi connectivity index (χ4v) is 3.51. The molecule has 0 aliphatic carbocycles. The molecule has 0 aliphatic heterocycles. The van der Waals surface area contributed by atoms with Crippen LogP contribution in [0.4, 0.5) is 18.9 Å². The Hall–Kier alpha value is -2.74. The van der Waals surface area contributed by atoms with E-state index >= 15 is 0 Å². The second-order valence-electron chi connectivity index (χ2n) is 5.74. The molecule has 134 valence electrons. The molecule has 0 fully saturated rings. The Kier molecular flexibility index (Phi) is 4.53. The minimum absolute atomic E-state index is 0.0747. The minimum Gasteiger partial charge on any atom is -0.397 e. The lowest BCUT2D eigenvalue weighted by Gasteiger charge is -2.07. The predicted molar refractivity (Wildman–Crippen MR) is 93.5 cm³/mol. The highest BCUT2D eigenvalue weighted by Gasteiger charge is 2.30. The largest absolute Gasteiger partial charge is 0.416 e. The Morgan fingerprint density at radius 1 is 1.12 bits per heavy atom. The number of fused-ring (bicyclic) bond motifs is 1. The molecule has 0 unspecified atom stereocenters. The summed E-state index contributed by atoms with van der Waals surface area (Å²) in [5.41, 5.74) is 6.25. The topological polar surface area (TPSA) is 73.1 Å². The summed E-state index contributed by atoms with van der Waals surface area (Å²) >= 11 is 1.07. The molecule has 0 saturated heterocycles. The fraction of sp³-hybridized carbons (Fsp3) is 0.167. The molecule has 0 spiro atoms. The number of benzene rings is 1. The van der Waals surface area contributed by atoms with Crippen LogP contribution < -0.4 is 5.73 Å². The molecule has 2 heterocycles. The molecule has 0 bridgehead atoms. The summed E-state index contributed by atoms with van der Waals surface area (Å²) in [6.45, 7) is 1.39. The van der Waals surface area contributed by atoms with E-state index in [1.165, 1.54) is 25.1 Å². The molecule has 0 radical (unpaired) electrons. The van der Waals surface area contributed by atoms with Gasteiger partial charge in [-0.25, -0.2) is 4.98 Å². The van der Waals surface area contributed by atoms with Crippen LogP contribution in [0.25, 0.3) is 10.2 Å². The number of hydrogen-bond acceptors (Lipinski definition) is 5. The second kappa shape index (κ2) is 6.53. The van der Waals surface area contributed by atoms with Crippen molar-refractivity contribution in [1.82, 2.24) is 4.98 Å². The number of aromatic nitrogens is 1. The van der Waals surface area contributed by atoms with Crippen molar-refractivity contribution < 1.29 is 22.8 Å². The molecule has 3 rings (SSSR count). The van der Waals surface area contributed by atoms with E-state index in [2.05, 4.69) is 4.98 Å². The number of thiophene rings is 1. The average Bonchev–Trinajstić information content (AvgIpc) is 2.91. The number of halogens is 3. The summed E-state index contributed by atoms with van der Waals surface area (Å²) in [5, 5.41) is 0.579. The molecule has 0 atom stereocenters. The van der Waals surface area contributed by atoms with Crippen LogP contribution in [0.15, 0.2) is 36.4 Å². The van der Waals surface area contributed by atoms with Gasteiger partial charge in [0.1, 0.15) is 10.5 Å². The van der Waals surface area contributed by atoms with Crippen LogP contribution >= 0.6 is 11.3 Å². The third kappa shape index (κ3) is 3.45.